The number of nitrogens with zero attached hydrogens (tertiary/aromatic N) is 2. The lowest BCUT2D eigenvalue weighted by Gasteiger charge is -2.15. The maximum Gasteiger partial charge on any atom is 0.283 e. The summed E-state index contributed by atoms with van der Waals surface area (Å²) < 4.78 is 1.76. The number of hydrogen-bond donors (Lipinski definition) is 1. The summed E-state index contributed by atoms with van der Waals surface area (Å²) in [5, 5.41) is 1.68. The van der Waals surface area contributed by atoms with Crippen LogP contribution in [0.15, 0.2) is 76.7 Å². The molecule has 1 N–H and O–H groups in total. The van der Waals surface area contributed by atoms with Gasteiger partial charge in [-0.25, -0.2) is 4.98 Å². The second-order valence-electron chi connectivity index (χ2n) is 7.93. The molecule has 0 spiro atoms. The number of hydrogen-bond acceptors (Lipinski definition) is 3. The second kappa shape index (κ2) is 7.75. The Kier molecular flexibility index (Phi) is 4.91. The van der Waals surface area contributed by atoms with E-state index in [1.54, 1.807) is 16.3 Å². The predicted molar refractivity (Wildman–Crippen MR) is 129 cm³/mol. The number of benzene rings is 3. The van der Waals surface area contributed by atoms with E-state index in [-0.39, 0.29) is 5.56 Å². The van der Waals surface area contributed by atoms with Gasteiger partial charge < -0.3 is 4.98 Å². The second-order valence-corrected chi connectivity index (χ2v) is 8.87. The van der Waals surface area contributed by atoms with E-state index < -0.39 is 0 Å². The highest BCUT2D eigenvalue weighted by Gasteiger charge is 2.18. The molecule has 5 rings (SSSR count). The molecule has 0 saturated heterocycles. The number of aromatic nitrogens is 3. The number of thioether (sulfide) groups is 1. The van der Waals surface area contributed by atoms with Gasteiger partial charge in [0.1, 0.15) is 11.0 Å². The molecule has 31 heavy (non-hydrogen) atoms. The normalized spacial score (nSPS) is 11.5. The minimum Gasteiger partial charge on any atom is -0.349 e. The van der Waals surface area contributed by atoms with Crippen molar-refractivity contribution in [3.63, 3.8) is 0 Å². The van der Waals surface area contributed by atoms with E-state index in [1.807, 2.05) is 36.4 Å². The van der Waals surface area contributed by atoms with Gasteiger partial charge in [0.05, 0.1) is 5.69 Å². The first-order chi connectivity index (χ1) is 15.0. The number of aryl methyl sites for hydroxylation is 2. The van der Waals surface area contributed by atoms with Crippen molar-refractivity contribution in [3.8, 4) is 5.69 Å². The molecular weight excluding hydrogens is 402 g/mol. The summed E-state index contributed by atoms with van der Waals surface area (Å²) >= 11 is 1.60. The van der Waals surface area contributed by atoms with E-state index in [0.29, 0.717) is 10.7 Å². The molecule has 0 radical (unpaired) electrons. The number of nitrogens with one attached hydrogen (secondary N) is 1. The van der Waals surface area contributed by atoms with Crippen LogP contribution in [0.5, 0.6) is 0 Å². The zero-order valence-electron chi connectivity index (χ0n) is 17.8. The monoisotopic (exact) mass is 425 g/mol. The van der Waals surface area contributed by atoms with Crippen LogP contribution in [0.4, 0.5) is 0 Å². The third-order valence-corrected chi connectivity index (χ3v) is 6.77. The van der Waals surface area contributed by atoms with Gasteiger partial charge in [-0.2, -0.15) is 0 Å². The maximum absolute atomic E-state index is 13.7. The van der Waals surface area contributed by atoms with Crippen LogP contribution in [-0.4, -0.2) is 14.5 Å². The van der Waals surface area contributed by atoms with E-state index in [9.17, 15) is 4.79 Å². The van der Waals surface area contributed by atoms with E-state index in [4.69, 9.17) is 4.98 Å². The first kappa shape index (κ1) is 19.6. The molecule has 0 atom stereocenters. The summed E-state index contributed by atoms with van der Waals surface area (Å²) in [7, 11) is 0. The highest BCUT2D eigenvalue weighted by Crippen LogP contribution is 2.29. The predicted octanol–water partition coefficient (Wildman–Crippen LogP) is 6.08. The van der Waals surface area contributed by atoms with Gasteiger partial charge in [-0.3, -0.25) is 9.36 Å². The number of aromatic amines is 1. The molecule has 5 heteroatoms. The Morgan fingerprint density at radius 1 is 0.968 bits per heavy atom. The fraction of sp³-hybridized carbons (Fsp3) is 0.154. The molecule has 0 bridgehead atoms. The van der Waals surface area contributed by atoms with Crippen LogP contribution in [0.1, 0.15) is 22.3 Å². The Bertz CT molecular complexity index is 1500. The molecule has 2 heterocycles. The van der Waals surface area contributed by atoms with Gasteiger partial charge >= 0.3 is 0 Å². The topological polar surface area (TPSA) is 50.7 Å². The summed E-state index contributed by atoms with van der Waals surface area (Å²) in [5.41, 5.74) is 7.68. The van der Waals surface area contributed by atoms with Crippen molar-refractivity contribution in [1.82, 2.24) is 14.5 Å². The Labute approximate surface area is 185 Å². The smallest absolute Gasteiger partial charge is 0.283 e. The van der Waals surface area contributed by atoms with Crippen LogP contribution in [0.3, 0.4) is 0 Å². The third kappa shape index (κ3) is 3.45. The van der Waals surface area contributed by atoms with E-state index >= 15 is 0 Å². The zero-order valence-corrected chi connectivity index (χ0v) is 18.6. The summed E-state index contributed by atoms with van der Waals surface area (Å²) in [6, 6.07) is 22.5. The average Bonchev–Trinajstić information content (AvgIpc) is 3.14. The van der Waals surface area contributed by atoms with Gasteiger partial charge in [0.2, 0.25) is 0 Å². The third-order valence-electron chi connectivity index (χ3n) is 5.76. The largest absolute Gasteiger partial charge is 0.349 e. The van der Waals surface area contributed by atoms with Crippen LogP contribution in [0.25, 0.3) is 27.6 Å². The van der Waals surface area contributed by atoms with Crippen molar-refractivity contribution < 1.29 is 0 Å². The van der Waals surface area contributed by atoms with Gasteiger partial charge in [0.15, 0.2) is 5.16 Å². The lowest BCUT2D eigenvalue weighted by atomic mass is 10.1. The van der Waals surface area contributed by atoms with Crippen LogP contribution in [-0.2, 0) is 5.75 Å². The maximum atomic E-state index is 13.7. The highest BCUT2D eigenvalue weighted by atomic mass is 32.2. The summed E-state index contributed by atoms with van der Waals surface area (Å²) in [6.07, 6.45) is 0. The van der Waals surface area contributed by atoms with Crippen molar-refractivity contribution in [2.75, 3.05) is 0 Å². The summed E-state index contributed by atoms with van der Waals surface area (Å²) in [6.45, 7) is 6.22. The summed E-state index contributed by atoms with van der Waals surface area (Å²) in [5.74, 6) is 0.743. The molecule has 0 aliphatic carbocycles. The van der Waals surface area contributed by atoms with Crippen LogP contribution < -0.4 is 5.56 Å². The molecule has 0 aliphatic rings. The van der Waals surface area contributed by atoms with E-state index in [0.717, 1.165) is 39.0 Å². The standard InChI is InChI=1S/C26H23N3OS/c1-16-8-6-10-19(14-16)15-31-26-28-23-20-11-4-5-12-21(20)27-24(23)25(30)29(26)22-13-7-9-17(2)18(22)3/h4-14,27H,15H2,1-3H3. The Morgan fingerprint density at radius 3 is 2.61 bits per heavy atom. The first-order valence-electron chi connectivity index (χ1n) is 10.3. The van der Waals surface area contributed by atoms with Crippen molar-refractivity contribution in [1.29, 1.82) is 0 Å². The van der Waals surface area contributed by atoms with Crippen LogP contribution >= 0.6 is 11.8 Å². The molecule has 0 fully saturated rings. The van der Waals surface area contributed by atoms with Crippen molar-refractivity contribution in [2.24, 2.45) is 0 Å². The van der Waals surface area contributed by atoms with E-state index in [2.05, 4.69) is 56.1 Å². The number of H-pyrrole nitrogens is 1. The minimum absolute atomic E-state index is 0.0679. The molecule has 2 aromatic heterocycles. The molecule has 0 amide bonds. The Balaban J connectivity index is 1.75. The van der Waals surface area contributed by atoms with Gasteiger partial charge in [-0.1, -0.05) is 71.9 Å². The van der Waals surface area contributed by atoms with Crippen LogP contribution in [0.2, 0.25) is 0 Å². The molecular formula is C26H23N3OS. The number of fused-ring (bicyclic) bond motifs is 3. The van der Waals surface area contributed by atoms with Gasteiger partial charge in [0, 0.05) is 16.7 Å². The number of rotatable bonds is 4. The number of para-hydroxylation sites is 1. The molecule has 0 unspecified atom stereocenters. The first-order valence-corrected chi connectivity index (χ1v) is 11.3. The van der Waals surface area contributed by atoms with Crippen molar-refractivity contribution in [2.45, 2.75) is 31.7 Å². The minimum atomic E-state index is -0.0679. The molecule has 154 valence electrons. The molecule has 5 aromatic rings. The van der Waals surface area contributed by atoms with Crippen molar-refractivity contribution in [3.05, 3.63) is 99.3 Å². The Morgan fingerprint density at radius 2 is 1.77 bits per heavy atom. The van der Waals surface area contributed by atoms with Gasteiger partial charge in [-0.15, -0.1) is 0 Å². The molecule has 0 aliphatic heterocycles. The van der Waals surface area contributed by atoms with Gasteiger partial charge in [-0.05, 0) is 49.6 Å². The molecule has 4 nitrogen and oxygen atoms in total. The van der Waals surface area contributed by atoms with E-state index in [1.165, 1.54) is 11.1 Å². The van der Waals surface area contributed by atoms with Crippen molar-refractivity contribution >= 4 is 33.7 Å². The quantitative estimate of drug-likeness (QED) is 0.280. The molecule has 0 saturated carbocycles. The fourth-order valence-corrected chi connectivity index (χ4v) is 4.92. The lowest BCUT2D eigenvalue weighted by molar-refractivity contribution is 0.812. The SMILES string of the molecule is Cc1cccc(CSc2nc3c([nH]c4ccccc43)c(=O)n2-c2cccc(C)c2C)c1. The zero-order chi connectivity index (χ0) is 21.5. The van der Waals surface area contributed by atoms with Gasteiger partial charge in [0.25, 0.3) is 5.56 Å². The highest BCUT2D eigenvalue weighted by molar-refractivity contribution is 7.98. The van der Waals surface area contributed by atoms with Crippen LogP contribution in [0, 0.1) is 20.8 Å². The molecule has 3 aromatic carbocycles. The lowest BCUT2D eigenvalue weighted by Crippen LogP contribution is -2.22. The average molecular weight is 426 g/mol. The Hall–Kier alpha value is -3.31. The fourth-order valence-electron chi connectivity index (χ4n) is 3.98. The summed E-state index contributed by atoms with van der Waals surface area (Å²) in [4.78, 5) is 22.0.